The largest absolute Gasteiger partial charge is 0.396 e. The Labute approximate surface area is 95.8 Å². The van der Waals surface area contributed by atoms with Crippen LogP contribution in [0.1, 0.15) is 20.3 Å². The molecule has 0 radical (unpaired) electrons. The van der Waals surface area contributed by atoms with Crippen LogP contribution in [0, 0.1) is 5.41 Å². The number of aliphatic hydroxyl groups is 1. The highest BCUT2D eigenvalue weighted by molar-refractivity contribution is 5.88. The lowest BCUT2D eigenvalue weighted by Gasteiger charge is -2.25. The molecule has 0 unspecified atom stereocenters. The number of amidine groups is 1. The van der Waals surface area contributed by atoms with Gasteiger partial charge < -0.3 is 15.2 Å². The molecule has 0 bridgehead atoms. The minimum atomic E-state index is -0.339. The number of rotatable bonds is 8. The lowest BCUT2D eigenvalue weighted by Crippen LogP contribution is -2.36. The van der Waals surface area contributed by atoms with E-state index >= 15 is 0 Å². The van der Waals surface area contributed by atoms with E-state index in [9.17, 15) is 0 Å². The molecule has 0 atom stereocenters. The first-order valence-corrected chi connectivity index (χ1v) is 5.15. The monoisotopic (exact) mass is 231 g/mol. The van der Waals surface area contributed by atoms with Crippen molar-refractivity contribution in [3.63, 3.8) is 0 Å². The summed E-state index contributed by atoms with van der Waals surface area (Å²) in [5, 5.41) is 27.0. The van der Waals surface area contributed by atoms with Gasteiger partial charge in [0.05, 0.1) is 5.60 Å². The molecule has 5 N–H and O–H groups in total. The second kappa shape index (κ2) is 8.09. The molecule has 0 aromatic rings. The Balaban J connectivity index is 3.72. The van der Waals surface area contributed by atoms with E-state index in [-0.39, 0.29) is 18.0 Å². The Morgan fingerprint density at radius 3 is 2.75 bits per heavy atom. The smallest absolute Gasteiger partial charge is 0.143 e. The number of hydrogen-bond acceptors (Lipinski definition) is 5. The van der Waals surface area contributed by atoms with Crippen LogP contribution in [0.25, 0.3) is 0 Å². The third kappa shape index (κ3) is 8.22. The van der Waals surface area contributed by atoms with Gasteiger partial charge in [0.25, 0.3) is 0 Å². The second-order valence-corrected chi connectivity index (χ2v) is 3.93. The van der Waals surface area contributed by atoms with E-state index < -0.39 is 0 Å². The van der Waals surface area contributed by atoms with Crippen molar-refractivity contribution in [2.75, 3.05) is 19.8 Å². The fourth-order valence-corrected chi connectivity index (χ4v) is 0.948. The van der Waals surface area contributed by atoms with Gasteiger partial charge >= 0.3 is 0 Å². The van der Waals surface area contributed by atoms with Gasteiger partial charge in [-0.05, 0) is 26.3 Å². The molecule has 6 nitrogen and oxygen atoms in total. The number of hydroxylamine groups is 1. The number of ether oxygens (including phenoxy) is 1. The topological polar surface area (TPSA) is 97.6 Å². The normalized spacial score (nSPS) is 11.8. The minimum Gasteiger partial charge on any atom is -0.396 e. The van der Waals surface area contributed by atoms with Crippen LogP contribution in [0.2, 0.25) is 0 Å². The summed E-state index contributed by atoms with van der Waals surface area (Å²) in [4.78, 5) is 0. The van der Waals surface area contributed by atoms with Crippen LogP contribution >= 0.6 is 0 Å². The second-order valence-electron chi connectivity index (χ2n) is 3.93. The Morgan fingerprint density at radius 1 is 1.50 bits per heavy atom. The van der Waals surface area contributed by atoms with E-state index in [2.05, 4.69) is 5.32 Å². The molecule has 0 saturated carbocycles. The summed E-state index contributed by atoms with van der Waals surface area (Å²) in [5.74, 6) is -0.0912. The van der Waals surface area contributed by atoms with Gasteiger partial charge in [-0.3, -0.25) is 16.1 Å². The van der Waals surface area contributed by atoms with Crippen LogP contribution in [0.4, 0.5) is 0 Å². The third-order valence-electron chi connectivity index (χ3n) is 1.81. The van der Waals surface area contributed by atoms with Crippen molar-refractivity contribution in [1.82, 2.24) is 10.8 Å². The first kappa shape index (κ1) is 14.9. The fraction of sp³-hybridized carbons (Fsp3) is 0.700. The Morgan fingerprint density at radius 2 is 2.19 bits per heavy atom. The van der Waals surface area contributed by atoms with Gasteiger partial charge in [0.1, 0.15) is 5.84 Å². The van der Waals surface area contributed by atoms with Gasteiger partial charge in [-0.25, -0.2) is 0 Å². The summed E-state index contributed by atoms with van der Waals surface area (Å²) >= 11 is 0. The van der Waals surface area contributed by atoms with Crippen molar-refractivity contribution in [3.8, 4) is 0 Å². The molecule has 6 heteroatoms. The first-order chi connectivity index (χ1) is 7.52. The Kier molecular flexibility index (Phi) is 7.53. The Bertz CT molecular complexity index is 229. The van der Waals surface area contributed by atoms with E-state index in [1.54, 1.807) is 11.7 Å². The van der Waals surface area contributed by atoms with Gasteiger partial charge in [-0.15, -0.1) is 0 Å². The van der Waals surface area contributed by atoms with Crippen LogP contribution in [-0.2, 0) is 4.74 Å². The van der Waals surface area contributed by atoms with E-state index in [0.29, 0.717) is 19.6 Å². The standard InChI is InChI=1S/C10H21N3O3/c1-10(2,16-7-3-6-14)8-12-5-4-9(11)13-15/h4-5,12,14-15H,3,6-8H2,1-2H3,(H2,11,13)/b5-4-. The molecule has 0 saturated heterocycles. The van der Waals surface area contributed by atoms with Crippen molar-refractivity contribution >= 4 is 5.84 Å². The highest BCUT2D eigenvalue weighted by Gasteiger charge is 2.16. The van der Waals surface area contributed by atoms with Gasteiger partial charge in [0.2, 0.25) is 0 Å². The van der Waals surface area contributed by atoms with Crippen molar-refractivity contribution in [3.05, 3.63) is 12.3 Å². The summed E-state index contributed by atoms with van der Waals surface area (Å²) in [7, 11) is 0. The van der Waals surface area contributed by atoms with E-state index in [0.717, 1.165) is 0 Å². The summed E-state index contributed by atoms with van der Waals surface area (Å²) in [6.45, 7) is 5.08. The van der Waals surface area contributed by atoms with E-state index in [1.807, 2.05) is 13.8 Å². The lowest BCUT2D eigenvalue weighted by molar-refractivity contribution is -0.0195. The fourth-order valence-electron chi connectivity index (χ4n) is 0.948. The molecule has 0 spiro atoms. The molecule has 94 valence electrons. The quantitative estimate of drug-likeness (QED) is 0.178. The van der Waals surface area contributed by atoms with Crippen molar-refractivity contribution < 1.29 is 15.1 Å². The van der Waals surface area contributed by atoms with Gasteiger partial charge in [-0.2, -0.15) is 0 Å². The summed E-state index contributed by atoms with van der Waals surface area (Å²) < 4.78 is 5.53. The van der Waals surface area contributed by atoms with E-state index in [4.69, 9.17) is 20.5 Å². The SMILES string of the molecule is CC(C)(CN/C=C\C(=N)NO)OCCCO. The van der Waals surface area contributed by atoms with Gasteiger partial charge in [0.15, 0.2) is 0 Å². The number of aliphatic hydroxyl groups excluding tert-OH is 1. The zero-order valence-electron chi connectivity index (χ0n) is 9.79. The molecule has 0 aliphatic rings. The molecule has 0 rings (SSSR count). The summed E-state index contributed by atoms with van der Waals surface area (Å²) in [6, 6.07) is 0. The van der Waals surface area contributed by atoms with Crippen LogP contribution < -0.4 is 10.8 Å². The third-order valence-corrected chi connectivity index (χ3v) is 1.81. The summed E-state index contributed by atoms with van der Waals surface area (Å²) in [6.07, 6.45) is 3.57. The van der Waals surface area contributed by atoms with Crippen molar-refractivity contribution in [2.24, 2.45) is 0 Å². The predicted octanol–water partition coefficient (Wildman–Crippen LogP) is 0.223. The van der Waals surface area contributed by atoms with Crippen LogP contribution in [0.3, 0.4) is 0 Å². The highest BCUT2D eigenvalue weighted by atomic mass is 16.5. The molecule has 16 heavy (non-hydrogen) atoms. The number of hydrogen-bond donors (Lipinski definition) is 5. The zero-order valence-corrected chi connectivity index (χ0v) is 9.79. The van der Waals surface area contributed by atoms with Crippen molar-refractivity contribution in [1.29, 1.82) is 5.41 Å². The molecule has 0 aromatic heterocycles. The number of nitrogens with one attached hydrogen (secondary N) is 3. The first-order valence-electron chi connectivity index (χ1n) is 5.15. The Hall–Kier alpha value is -1.11. The lowest BCUT2D eigenvalue weighted by atomic mass is 10.1. The average Bonchev–Trinajstić information content (AvgIpc) is 2.24. The molecule has 0 aromatic carbocycles. The molecule has 0 aliphatic heterocycles. The van der Waals surface area contributed by atoms with Gasteiger partial charge in [-0.1, -0.05) is 0 Å². The summed E-state index contributed by atoms with van der Waals surface area (Å²) in [5.41, 5.74) is 1.36. The average molecular weight is 231 g/mol. The highest BCUT2D eigenvalue weighted by Crippen LogP contribution is 2.07. The molecule has 0 amide bonds. The predicted molar refractivity (Wildman–Crippen MR) is 61.5 cm³/mol. The van der Waals surface area contributed by atoms with Crippen molar-refractivity contribution in [2.45, 2.75) is 25.9 Å². The minimum absolute atomic E-state index is 0.0912. The molecule has 0 aliphatic carbocycles. The maximum atomic E-state index is 8.60. The van der Waals surface area contributed by atoms with Crippen LogP contribution in [0.15, 0.2) is 12.3 Å². The van der Waals surface area contributed by atoms with Crippen LogP contribution in [-0.4, -0.2) is 41.5 Å². The van der Waals surface area contributed by atoms with Gasteiger partial charge in [0, 0.05) is 26.0 Å². The van der Waals surface area contributed by atoms with Crippen LogP contribution in [0.5, 0.6) is 0 Å². The molecular weight excluding hydrogens is 210 g/mol. The maximum Gasteiger partial charge on any atom is 0.143 e. The zero-order chi connectivity index (χ0) is 12.4. The molecule has 0 heterocycles. The van der Waals surface area contributed by atoms with E-state index in [1.165, 1.54) is 6.08 Å². The maximum absolute atomic E-state index is 8.60. The molecular formula is C10H21N3O3. The molecule has 0 fully saturated rings.